The molecule has 0 aliphatic carbocycles. The van der Waals surface area contributed by atoms with Crippen LogP contribution in [0, 0.1) is 17.0 Å². The van der Waals surface area contributed by atoms with Crippen LogP contribution < -0.4 is 15.4 Å². The molecule has 1 aromatic rings. The number of hydrogen-bond donors (Lipinski definition) is 2. The molecule has 1 aliphatic heterocycles. The van der Waals surface area contributed by atoms with Crippen molar-refractivity contribution in [3.05, 3.63) is 27.8 Å². The van der Waals surface area contributed by atoms with Gasteiger partial charge in [-0.1, -0.05) is 0 Å². The van der Waals surface area contributed by atoms with E-state index in [4.69, 9.17) is 21.7 Å². The summed E-state index contributed by atoms with van der Waals surface area (Å²) < 4.78 is 10.4. The van der Waals surface area contributed by atoms with Gasteiger partial charge < -0.3 is 20.1 Å². The highest BCUT2D eigenvalue weighted by atomic mass is 32.1. The van der Waals surface area contributed by atoms with Crippen molar-refractivity contribution >= 4 is 28.7 Å². The van der Waals surface area contributed by atoms with Gasteiger partial charge in [0.15, 0.2) is 10.9 Å². The average molecular weight is 354 g/mol. The Kier molecular flexibility index (Phi) is 6.71. The number of thiocarbonyl (C=S) groups is 1. The number of aryl methyl sites for hydroxylation is 1. The molecule has 0 aromatic heterocycles. The topological polar surface area (TPSA) is 88.9 Å². The van der Waals surface area contributed by atoms with Crippen LogP contribution in [0.1, 0.15) is 5.56 Å². The summed E-state index contributed by atoms with van der Waals surface area (Å²) in [7, 11) is 1.40. The molecule has 0 radical (unpaired) electrons. The molecule has 8 nitrogen and oxygen atoms in total. The molecule has 0 unspecified atom stereocenters. The first kappa shape index (κ1) is 18.4. The van der Waals surface area contributed by atoms with Gasteiger partial charge in [-0.2, -0.15) is 0 Å². The van der Waals surface area contributed by atoms with Crippen LogP contribution in [0.2, 0.25) is 0 Å². The highest BCUT2D eigenvalue weighted by Gasteiger charge is 2.17. The Hall–Kier alpha value is -1.97. The zero-order valence-electron chi connectivity index (χ0n) is 13.8. The lowest BCUT2D eigenvalue weighted by Crippen LogP contribution is -2.42. The van der Waals surface area contributed by atoms with Crippen molar-refractivity contribution in [3.63, 3.8) is 0 Å². The van der Waals surface area contributed by atoms with E-state index in [0.29, 0.717) is 10.8 Å². The van der Waals surface area contributed by atoms with Crippen LogP contribution in [0.3, 0.4) is 0 Å². The number of ether oxygens (including phenoxy) is 2. The minimum Gasteiger partial charge on any atom is -0.490 e. The summed E-state index contributed by atoms with van der Waals surface area (Å²) in [5.41, 5.74) is 1.34. The molecule has 0 spiro atoms. The highest BCUT2D eigenvalue weighted by Crippen LogP contribution is 2.32. The van der Waals surface area contributed by atoms with E-state index in [0.717, 1.165) is 45.0 Å². The SMILES string of the molecule is COc1cc(NC(=S)NCCN2CCOCC2)c(C)cc1[N+](=O)[O-]. The first-order valence-corrected chi connectivity index (χ1v) is 8.10. The molecule has 1 heterocycles. The number of methoxy groups -OCH3 is 1. The van der Waals surface area contributed by atoms with E-state index in [1.807, 2.05) is 0 Å². The van der Waals surface area contributed by atoms with Gasteiger partial charge in [-0.15, -0.1) is 0 Å². The van der Waals surface area contributed by atoms with Crippen molar-refractivity contribution in [2.24, 2.45) is 0 Å². The maximum Gasteiger partial charge on any atom is 0.311 e. The second kappa shape index (κ2) is 8.76. The lowest BCUT2D eigenvalue weighted by atomic mass is 10.1. The van der Waals surface area contributed by atoms with Crippen molar-refractivity contribution in [1.82, 2.24) is 10.2 Å². The van der Waals surface area contributed by atoms with Gasteiger partial charge in [-0.3, -0.25) is 15.0 Å². The Morgan fingerprint density at radius 3 is 2.79 bits per heavy atom. The Morgan fingerprint density at radius 2 is 2.17 bits per heavy atom. The van der Waals surface area contributed by atoms with E-state index >= 15 is 0 Å². The molecule has 1 fully saturated rings. The molecule has 0 saturated carbocycles. The monoisotopic (exact) mass is 354 g/mol. The van der Waals surface area contributed by atoms with E-state index in [1.54, 1.807) is 13.0 Å². The summed E-state index contributed by atoms with van der Waals surface area (Å²) in [6, 6.07) is 3.06. The zero-order chi connectivity index (χ0) is 17.5. The number of benzene rings is 1. The number of nitro benzene ring substituents is 1. The van der Waals surface area contributed by atoms with Crippen molar-refractivity contribution < 1.29 is 14.4 Å². The van der Waals surface area contributed by atoms with Crippen molar-refractivity contribution in [3.8, 4) is 5.75 Å². The fourth-order valence-electron chi connectivity index (χ4n) is 2.43. The molecule has 1 aliphatic rings. The maximum atomic E-state index is 11.0. The molecular formula is C15H22N4O4S. The molecule has 132 valence electrons. The third-order valence-electron chi connectivity index (χ3n) is 3.79. The summed E-state index contributed by atoms with van der Waals surface area (Å²) in [4.78, 5) is 12.9. The molecular weight excluding hydrogens is 332 g/mol. The maximum absolute atomic E-state index is 11.0. The number of anilines is 1. The van der Waals surface area contributed by atoms with Gasteiger partial charge in [0.25, 0.3) is 0 Å². The number of nitrogens with one attached hydrogen (secondary N) is 2. The van der Waals surface area contributed by atoms with E-state index in [9.17, 15) is 10.1 Å². The molecule has 0 bridgehead atoms. The van der Waals surface area contributed by atoms with E-state index < -0.39 is 4.92 Å². The lowest BCUT2D eigenvalue weighted by Gasteiger charge is -2.26. The van der Waals surface area contributed by atoms with E-state index in [1.165, 1.54) is 13.2 Å². The molecule has 2 rings (SSSR count). The van der Waals surface area contributed by atoms with Crippen LogP contribution in [0.4, 0.5) is 11.4 Å². The van der Waals surface area contributed by atoms with Crippen LogP contribution in [-0.4, -0.2) is 61.4 Å². The molecule has 24 heavy (non-hydrogen) atoms. The third-order valence-corrected chi connectivity index (χ3v) is 4.03. The fraction of sp³-hybridized carbons (Fsp3) is 0.533. The average Bonchev–Trinajstić information content (AvgIpc) is 2.57. The Balaban J connectivity index is 1.89. The first-order chi connectivity index (χ1) is 11.5. The molecule has 9 heteroatoms. The van der Waals surface area contributed by atoms with Crippen LogP contribution in [0.5, 0.6) is 5.75 Å². The summed E-state index contributed by atoms with van der Waals surface area (Å²) in [6.45, 7) is 6.78. The Morgan fingerprint density at radius 1 is 1.46 bits per heavy atom. The lowest BCUT2D eigenvalue weighted by molar-refractivity contribution is -0.385. The highest BCUT2D eigenvalue weighted by molar-refractivity contribution is 7.80. The quantitative estimate of drug-likeness (QED) is 0.452. The second-order valence-corrected chi connectivity index (χ2v) is 5.84. The normalized spacial score (nSPS) is 14.9. The van der Waals surface area contributed by atoms with Crippen molar-refractivity contribution in [2.75, 3.05) is 51.8 Å². The predicted molar refractivity (Wildman–Crippen MR) is 95.9 cm³/mol. The van der Waals surface area contributed by atoms with E-state index in [-0.39, 0.29) is 11.4 Å². The van der Waals surface area contributed by atoms with Gasteiger partial charge in [0.1, 0.15) is 0 Å². The van der Waals surface area contributed by atoms with Crippen LogP contribution in [0.15, 0.2) is 12.1 Å². The van der Waals surface area contributed by atoms with Gasteiger partial charge in [0, 0.05) is 44.0 Å². The van der Waals surface area contributed by atoms with Crippen molar-refractivity contribution in [1.29, 1.82) is 0 Å². The van der Waals surface area contributed by atoms with Crippen LogP contribution in [-0.2, 0) is 4.74 Å². The largest absolute Gasteiger partial charge is 0.490 e. The molecule has 0 amide bonds. The van der Waals surface area contributed by atoms with Crippen LogP contribution in [0.25, 0.3) is 0 Å². The molecule has 1 aromatic carbocycles. The van der Waals surface area contributed by atoms with Gasteiger partial charge >= 0.3 is 5.69 Å². The van der Waals surface area contributed by atoms with E-state index in [2.05, 4.69) is 15.5 Å². The molecule has 0 atom stereocenters. The van der Waals surface area contributed by atoms with Gasteiger partial charge in [-0.05, 0) is 24.7 Å². The number of nitrogens with zero attached hydrogens (tertiary/aromatic N) is 2. The van der Waals surface area contributed by atoms with Gasteiger partial charge in [0.2, 0.25) is 0 Å². The van der Waals surface area contributed by atoms with Crippen LogP contribution >= 0.6 is 12.2 Å². The first-order valence-electron chi connectivity index (χ1n) is 7.69. The van der Waals surface area contributed by atoms with Gasteiger partial charge in [-0.25, -0.2) is 0 Å². The summed E-state index contributed by atoms with van der Waals surface area (Å²) in [6.07, 6.45) is 0. The minimum atomic E-state index is -0.464. The molecule has 1 saturated heterocycles. The predicted octanol–water partition coefficient (Wildman–Crippen LogP) is 1.53. The summed E-state index contributed by atoms with van der Waals surface area (Å²) in [5.74, 6) is 0.198. The Labute approximate surface area is 146 Å². The summed E-state index contributed by atoms with van der Waals surface area (Å²) in [5, 5.41) is 17.7. The van der Waals surface area contributed by atoms with Crippen molar-refractivity contribution in [2.45, 2.75) is 6.92 Å². The second-order valence-electron chi connectivity index (χ2n) is 5.43. The number of nitro groups is 1. The zero-order valence-corrected chi connectivity index (χ0v) is 14.6. The summed E-state index contributed by atoms with van der Waals surface area (Å²) >= 11 is 5.29. The Bertz CT molecular complexity index is 605. The van der Waals surface area contributed by atoms with Gasteiger partial charge in [0.05, 0.1) is 25.2 Å². The number of rotatable bonds is 6. The number of morpholine rings is 1. The minimum absolute atomic E-state index is 0.0632. The third kappa shape index (κ3) is 5.02. The molecule has 2 N–H and O–H groups in total. The standard InChI is InChI=1S/C15H22N4O4S/c1-11-9-13(19(20)21)14(22-2)10-12(11)17-15(24)16-3-4-18-5-7-23-8-6-18/h9-10H,3-8H2,1-2H3,(H2,16,17,24). The number of hydrogen-bond acceptors (Lipinski definition) is 6. The smallest absolute Gasteiger partial charge is 0.311 e. The fourth-order valence-corrected chi connectivity index (χ4v) is 2.64.